The minimum absolute atomic E-state index is 0.232. The van der Waals surface area contributed by atoms with Gasteiger partial charge in [-0.3, -0.25) is 0 Å². The smallest absolute Gasteiger partial charge is 0.0308 e. The maximum absolute atomic E-state index is 11.6. The standard InChI is InChI=1S/C9H20ClFN2/c1-8(10)5-6-9(12-2)4-3-7-13-11/h8-9,12-13H,3-7H2,1-2H3. The highest BCUT2D eigenvalue weighted by Gasteiger charge is 2.07. The Labute approximate surface area is 85.2 Å². The fraction of sp³-hybridized carbons (Fsp3) is 1.00. The third-order valence-electron chi connectivity index (χ3n) is 2.15. The second-order valence-corrected chi connectivity index (χ2v) is 4.11. The molecular formula is C9H20ClFN2. The van der Waals surface area contributed by atoms with Crippen LogP contribution in [0.2, 0.25) is 0 Å². The van der Waals surface area contributed by atoms with Gasteiger partial charge in [0.25, 0.3) is 0 Å². The molecule has 0 rings (SSSR count). The van der Waals surface area contributed by atoms with E-state index in [1.165, 1.54) is 0 Å². The zero-order valence-electron chi connectivity index (χ0n) is 8.45. The molecule has 0 radical (unpaired) electrons. The highest BCUT2D eigenvalue weighted by molar-refractivity contribution is 6.20. The van der Waals surface area contributed by atoms with Crippen LogP contribution in [-0.2, 0) is 0 Å². The third-order valence-corrected chi connectivity index (χ3v) is 2.36. The SMILES string of the molecule is CNC(CCCNF)CCC(C)Cl. The van der Waals surface area contributed by atoms with Crippen molar-refractivity contribution in [3.8, 4) is 0 Å². The van der Waals surface area contributed by atoms with Gasteiger partial charge in [-0.15, -0.1) is 16.1 Å². The highest BCUT2D eigenvalue weighted by Crippen LogP contribution is 2.09. The minimum atomic E-state index is 0.232. The van der Waals surface area contributed by atoms with Gasteiger partial charge in [-0.1, -0.05) is 0 Å². The van der Waals surface area contributed by atoms with Crippen LogP contribution in [0.4, 0.5) is 4.48 Å². The van der Waals surface area contributed by atoms with E-state index >= 15 is 0 Å². The molecule has 0 spiro atoms. The van der Waals surface area contributed by atoms with Gasteiger partial charge in [-0.25, -0.2) is 0 Å². The molecule has 2 atom stereocenters. The third kappa shape index (κ3) is 8.47. The molecule has 0 aliphatic heterocycles. The lowest BCUT2D eigenvalue weighted by Gasteiger charge is -2.16. The van der Waals surface area contributed by atoms with Gasteiger partial charge in [0, 0.05) is 18.0 Å². The van der Waals surface area contributed by atoms with Crippen molar-refractivity contribution in [1.29, 1.82) is 0 Å². The topological polar surface area (TPSA) is 24.1 Å². The highest BCUT2D eigenvalue weighted by atomic mass is 35.5. The summed E-state index contributed by atoms with van der Waals surface area (Å²) in [6.07, 6.45) is 3.93. The first-order chi connectivity index (χ1) is 6.20. The molecule has 0 aromatic heterocycles. The van der Waals surface area contributed by atoms with E-state index in [0.29, 0.717) is 12.6 Å². The van der Waals surface area contributed by atoms with Crippen molar-refractivity contribution in [2.45, 2.75) is 44.0 Å². The van der Waals surface area contributed by atoms with Crippen molar-refractivity contribution in [3.63, 3.8) is 0 Å². The normalized spacial score (nSPS) is 15.7. The lowest BCUT2D eigenvalue weighted by molar-refractivity contribution is 0.321. The molecular weight excluding hydrogens is 191 g/mol. The van der Waals surface area contributed by atoms with Gasteiger partial charge in [0.05, 0.1) is 0 Å². The average Bonchev–Trinajstić information content (AvgIpc) is 2.10. The Bertz CT molecular complexity index is 112. The molecule has 0 bridgehead atoms. The molecule has 80 valence electrons. The van der Waals surface area contributed by atoms with Gasteiger partial charge < -0.3 is 5.32 Å². The fourth-order valence-corrected chi connectivity index (χ4v) is 1.41. The minimum Gasteiger partial charge on any atom is -0.317 e. The summed E-state index contributed by atoms with van der Waals surface area (Å²) in [4.78, 5) is 0. The molecule has 0 saturated heterocycles. The number of halogens is 2. The fourth-order valence-electron chi connectivity index (χ4n) is 1.28. The van der Waals surface area contributed by atoms with Crippen LogP contribution in [-0.4, -0.2) is 25.0 Å². The van der Waals surface area contributed by atoms with Crippen molar-refractivity contribution in [2.75, 3.05) is 13.6 Å². The molecule has 0 fully saturated rings. The summed E-state index contributed by atoms with van der Waals surface area (Å²) in [5.74, 6) is 0. The lowest BCUT2D eigenvalue weighted by atomic mass is 10.1. The van der Waals surface area contributed by atoms with Crippen LogP contribution in [0.25, 0.3) is 0 Å². The maximum atomic E-state index is 11.6. The Balaban J connectivity index is 3.39. The lowest BCUT2D eigenvalue weighted by Crippen LogP contribution is -2.26. The summed E-state index contributed by atoms with van der Waals surface area (Å²) in [7, 11) is 1.94. The van der Waals surface area contributed by atoms with E-state index < -0.39 is 0 Å². The van der Waals surface area contributed by atoms with Gasteiger partial charge in [-0.2, -0.15) is 5.54 Å². The van der Waals surface area contributed by atoms with Crippen LogP contribution >= 0.6 is 11.6 Å². The van der Waals surface area contributed by atoms with Gasteiger partial charge in [-0.05, 0) is 39.7 Å². The predicted molar refractivity (Wildman–Crippen MR) is 55.7 cm³/mol. The average molecular weight is 211 g/mol. The summed E-state index contributed by atoms with van der Waals surface area (Å²) >= 11 is 5.84. The Morgan fingerprint density at radius 2 is 2.00 bits per heavy atom. The van der Waals surface area contributed by atoms with Crippen LogP contribution in [0.15, 0.2) is 0 Å². The van der Waals surface area contributed by atoms with E-state index in [9.17, 15) is 4.48 Å². The molecule has 0 amide bonds. The molecule has 4 heteroatoms. The summed E-state index contributed by atoms with van der Waals surface area (Å²) < 4.78 is 11.6. The molecule has 13 heavy (non-hydrogen) atoms. The van der Waals surface area contributed by atoms with E-state index in [4.69, 9.17) is 11.6 Å². The number of hydrogen-bond acceptors (Lipinski definition) is 2. The molecule has 2 nitrogen and oxygen atoms in total. The Hall–Kier alpha value is 0.140. The molecule has 0 aliphatic carbocycles. The Kier molecular flexibility index (Phi) is 8.82. The quantitative estimate of drug-likeness (QED) is 0.365. The second kappa shape index (κ2) is 8.73. The predicted octanol–water partition coefficient (Wildman–Crippen LogP) is 2.24. The Morgan fingerprint density at radius 1 is 1.31 bits per heavy atom. The summed E-state index contributed by atoms with van der Waals surface area (Å²) in [5.41, 5.74) is 1.66. The Morgan fingerprint density at radius 3 is 2.46 bits per heavy atom. The van der Waals surface area contributed by atoms with E-state index in [1.54, 1.807) is 5.54 Å². The van der Waals surface area contributed by atoms with Crippen molar-refractivity contribution >= 4 is 11.6 Å². The van der Waals surface area contributed by atoms with Crippen molar-refractivity contribution in [1.82, 2.24) is 10.9 Å². The monoisotopic (exact) mass is 210 g/mol. The molecule has 0 aliphatic rings. The molecule has 0 heterocycles. The summed E-state index contributed by atoms with van der Waals surface area (Å²) in [6, 6.07) is 0.467. The molecule has 0 aromatic rings. The first-order valence-corrected chi connectivity index (χ1v) is 5.29. The van der Waals surface area contributed by atoms with Gasteiger partial charge in [0.1, 0.15) is 0 Å². The van der Waals surface area contributed by atoms with Crippen LogP contribution in [0.3, 0.4) is 0 Å². The van der Waals surface area contributed by atoms with Crippen LogP contribution in [0.1, 0.15) is 32.6 Å². The second-order valence-electron chi connectivity index (χ2n) is 3.37. The van der Waals surface area contributed by atoms with Crippen LogP contribution < -0.4 is 10.9 Å². The maximum Gasteiger partial charge on any atom is 0.0308 e. The first kappa shape index (κ1) is 13.1. The first-order valence-electron chi connectivity index (χ1n) is 4.85. The number of hydrogen-bond donors (Lipinski definition) is 2. The number of alkyl halides is 1. The number of nitrogens with one attached hydrogen (secondary N) is 2. The van der Waals surface area contributed by atoms with E-state index in [1.807, 2.05) is 14.0 Å². The number of rotatable bonds is 8. The van der Waals surface area contributed by atoms with E-state index in [2.05, 4.69) is 5.32 Å². The van der Waals surface area contributed by atoms with Crippen molar-refractivity contribution in [3.05, 3.63) is 0 Å². The van der Waals surface area contributed by atoms with Crippen molar-refractivity contribution in [2.24, 2.45) is 0 Å². The molecule has 0 aromatic carbocycles. The van der Waals surface area contributed by atoms with Gasteiger partial charge in [0.2, 0.25) is 0 Å². The zero-order valence-corrected chi connectivity index (χ0v) is 9.20. The molecule has 2 N–H and O–H groups in total. The largest absolute Gasteiger partial charge is 0.317 e. The van der Waals surface area contributed by atoms with E-state index in [-0.39, 0.29) is 5.38 Å². The van der Waals surface area contributed by atoms with Crippen LogP contribution in [0, 0.1) is 0 Å². The van der Waals surface area contributed by atoms with Gasteiger partial charge in [0.15, 0.2) is 0 Å². The summed E-state index contributed by atoms with van der Waals surface area (Å²) in [6.45, 7) is 2.44. The van der Waals surface area contributed by atoms with Crippen LogP contribution in [0.5, 0.6) is 0 Å². The van der Waals surface area contributed by atoms with Crippen molar-refractivity contribution < 1.29 is 4.48 Å². The molecule has 2 unspecified atom stereocenters. The molecule has 0 saturated carbocycles. The van der Waals surface area contributed by atoms with E-state index in [0.717, 1.165) is 25.7 Å². The summed E-state index contributed by atoms with van der Waals surface area (Å²) in [5, 5.41) is 3.44. The zero-order chi connectivity index (χ0) is 10.1. The van der Waals surface area contributed by atoms with Gasteiger partial charge >= 0.3 is 0 Å².